The zero-order valence-electron chi connectivity index (χ0n) is 13.9. The number of ether oxygens (including phenoxy) is 2. The molecule has 0 spiro atoms. The highest BCUT2D eigenvalue weighted by atomic mass is 32.1. The molecule has 0 aromatic carbocycles. The van der Waals surface area contributed by atoms with E-state index in [2.05, 4.69) is 30.1 Å². The number of nitrogens with one attached hydrogen (secondary N) is 2. The van der Waals surface area contributed by atoms with Crippen LogP contribution in [-0.2, 0) is 0 Å². The van der Waals surface area contributed by atoms with E-state index in [0.717, 1.165) is 5.56 Å². The predicted octanol–water partition coefficient (Wildman–Crippen LogP) is 4.37. The van der Waals surface area contributed by atoms with Gasteiger partial charge in [-0.2, -0.15) is 36.3 Å². The largest absolute Gasteiger partial charge is 0.468 e. The Morgan fingerprint density at radius 2 is 1.54 bits per heavy atom. The Morgan fingerprint density at radius 3 is 1.96 bits per heavy atom. The van der Waals surface area contributed by atoms with Crippen LogP contribution in [-0.4, -0.2) is 41.6 Å². The van der Waals surface area contributed by atoms with Gasteiger partial charge in [0, 0.05) is 0 Å². The summed E-state index contributed by atoms with van der Waals surface area (Å²) in [7, 11) is 0. The van der Waals surface area contributed by atoms with Crippen LogP contribution < -0.4 is 20.1 Å². The number of carbonyl (C=O) groups is 1. The maximum atomic E-state index is 12.3. The molecule has 2 aromatic heterocycles. The molecule has 0 saturated carbocycles. The van der Waals surface area contributed by atoms with Crippen molar-refractivity contribution in [3.63, 3.8) is 0 Å². The summed E-state index contributed by atoms with van der Waals surface area (Å²) in [5.74, 6) is -2.07. The molecule has 2 rings (SSSR count). The van der Waals surface area contributed by atoms with Gasteiger partial charge in [0.1, 0.15) is 0 Å². The number of rotatable bonds is 6. The highest BCUT2D eigenvalue weighted by Gasteiger charge is 2.30. The smallest absolute Gasteiger partial charge is 0.422 e. The minimum atomic E-state index is -4.71. The van der Waals surface area contributed by atoms with Gasteiger partial charge in [-0.1, -0.05) is 0 Å². The van der Waals surface area contributed by atoms with Crippen LogP contribution in [0.1, 0.15) is 5.56 Å². The number of hydrogen-bond acceptors (Lipinski definition) is 6. The molecule has 2 heterocycles. The van der Waals surface area contributed by atoms with E-state index in [-0.39, 0.29) is 0 Å². The number of aromatic nitrogens is 2. The molecule has 0 atom stereocenters. The van der Waals surface area contributed by atoms with Crippen LogP contribution in [0, 0.1) is 6.92 Å². The van der Waals surface area contributed by atoms with Gasteiger partial charge in [-0.25, -0.2) is 4.79 Å². The van der Waals surface area contributed by atoms with Crippen LogP contribution >= 0.6 is 11.3 Å². The first kappa shape index (κ1) is 21.5. The van der Waals surface area contributed by atoms with E-state index < -0.39 is 49.3 Å². The Hall–Kier alpha value is -2.77. The molecule has 0 aliphatic rings. The van der Waals surface area contributed by atoms with E-state index in [1.54, 1.807) is 18.4 Å². The number of urea groups is 1. The first-order chi connectivity index (χ1) is 12.9. The number of nitrogens with zero attached hydrogens (tertiary/aromatic N) is 2. The van der Waals surface area contributed by atoms with E-state index in [9.17, 15) is 31.1 Å². The number of aryl methyl sites for hydroxylation is 1. The van der Waals surface area contributed by atoms with Crippen molar-refractivity contribution in [2.45, 2.75) is 19.3 Å². The van der Waals surface area contributed by atoms with Crippen molar-refractivity contribution >= 4 is 28.3 Å². The van der Waals surface area contributed by atoms with Gasteiger partial charge in [0.15, 0.2) is 13.2 Å². The van der Waals surface area contributed by atoms with Gasteiger partial charge in [0.05, 0.1) is 11.1 Å². The fourth-order valence-electron chi connectivity index (χ4n) is 1.66. The average molecular weight is 430 g/mol. The maximum absolute atomic E-state index is 12.3. The Bertz CT molecular complexity index is 788. The maximum Gasteiger partial charge on any atom is 0.422 e. The van der Waals surface area contributed by atoms with Crippen LogP contribution in [0.15, 0.2) is 17.5 Å². The summed E-state index contributed by atoms with van der Waals surface area (Å²) in [5, 5.41) is 6.70. The quantitative estimate of drug-likeness (QED) is 0.665. The normalized spacial score (nSPS) is 11.8. The number of halogens is 6. The van der Waals surface area contributed by atoms with Crippen molar-refractivity contribution < 1.29 is 40.6 Å². The minimum absolute atomic E-state index is 0.452. The number of anilines is 2. The molecule has 154 valence electrons. The van der Waals surface area contributed by atoms with Gasteiger partial charge >= 0.3 is 18.4 Å². The molecule has 0 saturated heterocycles. The summed E-state index contributed by atoms with van der Waals surface area (Å²) in [6.45, 7) is -1.71. The van der Waals surface area contributed by atoms with Crippen molar-refractivity contribution in [2.24, 2.45) is 0 Å². The van der Waals surface area contributed by atoms with Crippen molar-refractivity contribution in [1.29, 1.82) is 0 Å². The van der Waals surface area contributed by atoms with E-state index in [4.69, 9.17) is 0 Å². The van der Waals surface area contributed by atoms with Crippen LogP contribution in [0.4, 0.5) is 42.1 Å². The second-order valence-corrected chi connectivity index (χ2v) is 6.15. The van der Waals surface area contributed by atoms with E-state index >= 15 is 0 Å². The summed E-state index contributed by atoms with van der Waals surface area (Å²) in [5.41, 5.74) is 0.877. The standard InChI is InChI=1S/C14H12F6N4O3S/c1-7-2-10(28-4-7)23-12(25)24-11-21-8(26-5-13(15,16)17)3-9(22-11)27-6-14(18,19)20/h2-4H,5-6H2,1H3,(H2,21,22,23,24,25). The van der Waals surface area contributed by atoms with E-state index in [0.29, 0.717) is 11.1 Å². The third-order valence-electron chi connectivity index (χ3n) is 2.64. The highest BCUT2D eigenvalue weighted by Crippen LogP contribution is 2.24. The van der Waals surface area contributed by atoms with Crippen LogP contribution in [0.3, 0.4) is 0 Å². The lowest BCUT2D eigenvalue weighted by Crippen LogP contribution is -2.23. The van der Waals surface area contributed by atoms with E-state index in [1.165, 1.54) is 11.3 Å². The summed E-state index contributed by atoms with van der Waals surface area (Å²) < 4.78 is 82.4. The molecule has 28 heavy (non-hydrogen) atoms. The molecule has 2 amide bonds. The third kappa shape index (κ3) is 7.85. The lowest BCUT2D eigenvalue weighted by Gasteiger charge is -2.13. The number of alkyl halides is 6. The van der Waals surface area contributed by atoms with Crippen LogP contribution in [0.25, 0.3) is 0 Å². The van der Waals surface area contributed by atoms with Crippen LogP contribution in [0.2, 0.25) is 0 Å². The zero-order valence-corrected chi connectivity index (χ0v) is 14.8. The molecule has 0 aliphatic carbocycles. The van der Waals surface area contributed by atoms with Crippen molar-refractivity contribution in [2.75, 3.05) is 23.8 Å². The highest BCUT2D eigenvalue weighted by molar-refractivity contribution is 7.14. The average Bonchev–Trinajstić information content (AvgIpc) is 2.94. The lowest BCUT2D eigenvalue weighted by atomic mass is 10.4. The Balaban J connectivity index is 2.14. The van der Waals surface area contributed by atoms with Gasteiger partial charge in [-0.05, 0) is 23.9 Å². The lowest BCUT2D eigenvalue weighted by molar-refractivity contribution is -0.154. The molecular weight excluding hydrogens is 418 g/mol. The third-order valence-corrected chi connectivity index (χ3v) is 3.60. The number of carbonyl (C=O) groups excluding carboxylic acids is 1. The van der Waals surface area contributed by atoms with Crippen molar-refractivity contribution in [3.05, 3.63) is 23.1 Å². The van der Waals surface area contributed by atoms with E-state index in [1.807, 2.05) is 0 Å². The number of hydrogen-bond donors (Lipinski definition) is 2. The molecule has 0 aliphatic heterocycles. The summed E-state index contributed by atoms with van der Waals surface area (Å²) in [4.78, 5) is 18.9. The fourth-order valence-corrected chi connectivity index (χ4v) is 2.45. The van der Waals surface area contributed by atoms with Gasteiger partial charge in [0.25, 0.3) is 0 Å². The second-order valence-electron chi connectivity index (χ2n) is 5.24. The molecule has 2 aromatic rings. The summed E-state index contributed by atoms with van der Waals surface area (Å²) in [6.07, 6.45) is -9.42. The zero-order chi connectivity index (χ0) is 20.9. The SMILES string of the molecule is Cc1csc(NC(=O)Nc2nc(OCC(F)(F)F)cc(OCC(F)(F)F)n2)c1. The molecule has 0 bridgehead atoms. The summed E-state index contributed by atoms with van der Waals surface area (Å²) in [6, 6.07) is 1.42. The molecular formula is C14H12F6N4O3S. The minimum Gasteiger partial charge on any atom is -0.468 e. The van der Waals surface area contributed by atoms with Gasteiger partial charge in [-0.15, -0.1) is 11.3 Å². The number of amides is 2. The van der Waals surface area contributed by atoms with Gasteiger partial charge < -0.3 is 9.47 Å². The molecule has 0 unspecified atom stereocenters. The molecule has 14 heteroatoms. The fraction of sp³-hybridized carbons (Fsp3) is 0.357. The molecule has 0 fully saturated rings. The topological polar surface area (TPSA) is 85.4 Å². The van der Waals surface area contributed by atoms with Gasteiger partial charge in [0.2, 0.25) is 17.7 Å². The monoisotopic (exact) mass is 430 g/mol. The first-order valence-electron chi connectivity index (χ1n) is 7.31. The second kappa shape index (κ2) is 8.50. The predicted molar refractivity (Wildman–Crippen MR) is 86.8 cm³/mol. The summed E-state index contributed by atoms with van der Waals surface area (Å²) >= 11 is 1.20. The molecule has 2 N–H and O–H groups in total. The first-order valence-corrected chi connectivity index (χ1v) is 8.19. The Labute approximate surface area is 157 Å². The van der Waals surface area contributed by atoms with Crippen molar-refractivity contribution in [3.8, 4) is 11.8 Å². The Morgan fingerprint density at radius 1 is 1.00 bits per heavy atom. The van der Waals surface area contributed by atoms with Crippen molar-refractivity contribution in [1.82, 2.24) is 9.97 Å². The number of thiophene rings is 1. The van der Waals surface area contributed by atoms with Crippen LogP contribution in [0.5, 0.6) is 11.8 Å². The molecule has 0 radical (unpaired) electrons. The Kier molecular flexibility index (Phi) is 6.53. The van der Waals surface area contributed by atoms with Gasteiger partial charge in [-0.3, -0.25) is 10.6 Å². The molecule has 7 nitrogen and oxygen atoms in total.